The van der Waals surface area contributed by atoms with Crippen molar-refractivity contribution in [2.24, 2.45) is 0 Å². The van der Waals surface area contributed by atoms with Crippen LogP contribution >= 0.6 is 0 Å². The molecule has 0 fully saturated rings. The molecule has 1 unspecified atom stereocenters. The van der Waals surface area contributed by atoms with Crippen LogP contribution in [0.3, 0.4) is 0 Å². The molecule has 0 spiro atoms. The number of carbonyl (C=O) groups excluding carboxylic acids is 1. The lowest BCUT2D eigenvalue weighted by Gasteiger charge is -2.18. The number of esters is 1. The topological polar surface area (TPSA) is 66.8 Å². The van der Waals surface area contributed by atoms with Crippen LogP contribution in [0.2, 0.25) is 0 Å². The average molecular weight is 344 g/mol. The van der Waals surface area contributed by atoms with Gasteiger partial charge in [0.2, 0.25) is 0 Å². The zero-order valence-corrected chi connectivity index (χ0v) is 15.9. The van der Waals surface area contributed by atoms with Crippen LogP contribution in [0.4, 0.5) is 0 Å². The minimum atomic E-state index is -0.758. The number of carboxylic acid groups (broad SMARTS) is 1. The molecule has 0 aliphatic rings. The zero-order valence-electron chi connectivity index (χ0n) is 15.9. The first kappa shape index (κ1) is 22.9. The van der Waals surface area contributed by atoms with Gasteiger partial charge in [0, 0.05) is 12.8 Å². The number of carboxylic acids is 1. The fraction of sp³-hybridized carbons (Fsp3) is 0.895. The van der Waals surface area contributed by atoms with Crippen LogP contribution in [0.1, 0.15) is 84.0 Å². The Bertz CT molecular complexity index is 331. The molecule has 0 aliphatic carbocycles. The Balaban J connectivity index is 4.08. The maximum absolute atomic E-state index is 12.0. The largest absolute Gasteiger partial charge is 0.481 e. The van der Waals surface area contributed by atoms with Gasteiger partial charge in [0.25, 0.3) is 0 Å². The van der Waals surface area contributed by atoms with Crippen molar-refractivity contribution in [3.05, 3.63) is 0 Å². The molecule has 0 aliphatic heterocycles. The van der Waals surface area contributed by atoms with Gasteiger partial charge >= 0.3 is 11.9 Å². The van der Waals surface area contributed by atoms with Crippen molar-refractivity contribution in [2.45, 2.75) is 90.1 Å². The minimum absolute atomic E-state index is 0.0488. The van der Waals surface area contributed by atoms with Gasteiger partial charge in [-0.15, -0.1) is 0 Å². The molecule has 24 heavy (non-hydrogen) atoms. The van der Waals surface area contributed by atoms with Crippen LogP contribution in [0.5, 0.6) is 0 Å². The number of aliphatic carboxylic acids is 1. The van der Waals surface area contributed by atoms with Crippen LogP contribution in [-0.2, 0) is 14.3 Å². The van der Waals surface area contributed by atoms with Gasteiger partial charge in [0.05, 0.1) is 0 Å². The molecule has 0 heterocycles. The fourth-order valence-electron chi connectivity index (χ4n) is 2.67. The highest BCUT2D eigenvalue weighted by molar-refractivity contribution is 5.69. The van der Waals surface area contributed by atoms with E-state index in [4.69, 9.17) is 9.84 Å². The van der Waals surface area contributed by atoms with E-state index in [-0.39, 0.29) is 18.5 Å². The number of ether oxygens (including phenoxy) is 1. The monoisotopic (exact) mass is 343 g/mol. The lowest BCUT2D eigenvalue weighted by Crippen LogP contribution is -2.20. The third-order valence-corrected chi connectivity index (χ3v) is 4.08. The standard InChI is InChI=1S/C19H37NO4/c1-4-5-6-7-8-12-17(13-9-10-14-18(21)22)24-19(23)15-11-16-20(2)3/h17H,4-16H2,1-3H3,(H,21,22). The average Bonchev–Trinajstić information content (AvgIpc) is 2.50. The lowest BCUT2D eigenvalue weighted by atomic mass is 10.0. The number of carbonyl (C=O) groups is 2. The van der Waals surface area contributed by atoms with Crippen LogP contribution < -0.4 is 0 Å². The summed E-state index contributed by atoms with van der Waals surface area (Å²) in [5.74, 6) is -0.875. The van der Waals surface area contributed by atoms with Crippen LogP contribution in [0.25, 0.3) is 0 Å². The summed E-state index contributed by atoms with van der Waals surface area (Å²) in [6.07, 6.45) is 10.5. The fourth-order valence-corrected chi connectivity index (χ4v) is 2.67. The number of hydrogen-bond donors (Lipinski definition) is 1. The highest BCUT2D eigenvalue weighted by atomic mass is 16.5. The van der Waals surface area contributed by atoms with Crippen molar-refractivity contribution in [3.63, 3.8) is 0 Å². The Kier molecular flexibility index (Phi) is 14.7. The summed E-state index contributed by atoms with van der Waals surface area (Å²) < 4.78 is 5.64. The van der Waals surface area contributed by atoms with E-state index < -0.39 is 5.97 Å². The minimum Gasteiger partial charge on any atom is -0.481 e. The van der Waals surface area contributed by atoms with E-state index in [0.717, 1.165) is 38.6 Å². The normalized spacial score (nSPS) is 12.3. The second kappa shape index (κ2) is 15.4. The molecule has 0 aromatic heterocycles. The molecule has 1 N–H and O–H groups in total. The summed E-state index contributed by atoms with van der Waals surface area (Å²) in [5.41, 5.74) is 0. The number of hydrogen-bond acceptors (Lipinski definition) is 4. The molecule has 0 rings (SSSR count). The van der Waals surface area contributed by atoms with Crippen molar-refractivity contribution in [2.75, 3.05) is 20.6 Å². The SMILES string of the molecule is CCCCCCCC(CCCCC(=O)O)OC(=O)CCCN(C)C. The molecule has 0 amide bonds. The zero-order chi connectivity index (χ0) is 18.2. The summed E-state index contributed by atoms with van der Waals surface area (Å²) in [4.78, 5) is 24.6. The van der Waals surface area contributed by atoms with Crippen molar-refractivity contribution in [3.8, 4) is 0 Å². The Labute approximate surface area is 147 Å². The molecule has 0 aromatic rings. The molecular formula is C19H37NO4. The Morgan fingerprint density at radius 3 is 2.12 bits per heavy atom. The maximum atomic E-state index is 12.0. The van der Waals surface area contributed by atoms with Gasteiger partial charge < -0.3 is 14.7 Å². The second-order valence-corrected chi connectivity index (χ2v) is 6.86. The molecule has 0 saturated heterocycles. The van der Waals surface area contributed by atoms with Gasteiger partial charge in [-0.1, -0.05) is 32.6 Å². The third kappa shape index (κ3) is 15.8. The quantitative estimate of drug-likeness (QED) is 0.335. The van der Waals surface area contributed by atoms with Gasteiger partial charge in [-0.25, -0.2) is 0 Å². The second-order valence-electron chi connectivity index (χ2n) is 6.86. The van der Waals surface area contributed by atoms with Gasteiger partial charge in [-0.3, -0.25) is 9.59 Å². The summed E-state index contributed by atoms with van der Waals surface area (Å²) >= 11 is 0. The van der Waals surface area contributed by atoms with Crippen LogP contribution in [0.15, 0.2) is 0 Å². The van der Waals surface area contributed by atoms with Gasteiger partial charge in [-0.05, 0) is 59.2 Å². The van der Waals surface area contributed by atoms with Crippen molar-refractivity contribution in [1.82, 2.24) is 4.90 Å². The molecule has 1 atom stereocenters. The highest BCUT2D eigenvalue weighted by Gasteiger charge is 2.14. The van der Waals surface area contributed by atoms with E-state index in [2.05, 4.69) is 11.8 Å². The van der Waals surface area contributed by atoms with Crippen molar-refractivity contribution < 1.29 is 19.4 Å². The number of unbranched alkanes of at least 4 members (excludes halogenated alkanes) is 5. The third-order valence-electron chi connectivity index (χ3n) is 4.08. The molecule has 0 bridgehead atoms. The summed E-state index contributed by atoms with van der Waals surface area (Å²) in [7, 11) is 3.99. The molecular weight excluding hydrogens is 306 g/mol. The number of rotatable bonds is 16. The van der Waals surface area contributed by atoms with E-state index in [1.807, 2.05) is 14.1 Å². The maximum Gasteiger partial charge on any atom is 0.306 e. The number of nitrogens with zero attached hydrogens (tertiary/aromatic N) is 1. The predicted octanol–water partition coefficient (Wildman–Crippen LogP) is 4.25. The Morgan fingerprint density at radius 1 is 0.917 bits per heavy atom. The van der Waals surface area contributed by atoms with Gasteiger partial charge in [-0.2, -0.15) is 0 Å². The molecule has 0 aromatic carbocycles. The Hall–Kier alpha value is -1.10. The summed E-state index contributed by atoms with van der Waals surface area (Å²) in [6.45, 7) is 3.08. The summed E-state index contributed by atoms with van der Waals surface area (Å²) in [6, 6.07) is 0. The van der Waals surface area contributed by atoms with Gasteiger partial charge in [0.15, 0.2) is 0 Å². The van der Waals surface area contributed by atoms with Crippen molar-refractivity contribution in [1.29, 1.82) is 0 Å². The van der Waals surface area contributed by atoms with Crippen LogP contribution in [0, 0.1) is 0 Å². The molecule has 5 nitrogen and oxygen atoms in total. The van der Waals surface area contributed by atoms with Crippen LogP contribution in [-0.4, -0.2) is 48.7 Å². The van der Waals surface area contributed by atoms with E-state index in [9.17, 15) is 9.59 Å². The first-order chi connectivity index (χ1) is 11.5. The van der Waals surface area contributed by atoms with E-state index >= 15 is 0 Å². The molecule has 142 valence electrons. The van der Waals surface area contributed by atoms with E-state index in [1.54, 1.807) is 0 Å². The molecule has 5 heteroatoms. The molecule has 0 saturated carbocycles. The van der Waals surface area contributed by atoms with E-state index in [1.165, 1.54) is 25.7 Å². The van der Waals surface area contributed by atoms with Crippen molar-refractivity contribution >= 4 is 11.9 Å². The predicted molar refractivity (Wildman–Crippen MR) is 97.1 cm³/mol. The first-order valence-corrected chi connectivity index (χ1v) is 9.51. The van der Waals surface area contributed by atoms with E-state index in [0.29, 0.717) is 12.8 Å². The van der Waals surface area contributed by atoms with Gasteiger partial charge in [0.1, 0.15) is 6.10 Å². The first-order valence-electron chi connectivity index (χ1n) is 9.51. The lowest BCUT2D eigenvalue weighted by molar-refractivity contribution is -0.150. The smallest absolute Gasteiger partial charge is 0.306 e. The summed E-state index contributed by atoms with van der Waals surface area (Å²) in [5, 5.41) is 8.70. The Morgan fingerprint density at radius 2 is 1.54 bits per heavy atom. The molecule has 0 radical (unpaired) electrons. The highest BCUT2D eigenvalue weighted by Crippen LogP contribution is 2.16.